The van der Waals surface area contributed by atoms with E-state index in [9.17, 15) is 13.2 Å². The summed E-state index contributed by atoms with van der Waals surface area (Å²) in [5.41, 5.74) is 0. The van der Waals surface area contributed by atoms with Crippen molar-refractivity contribution >= 4 is 0 Å². The first-order valence-corrected chi connectivity index (χ1v) is 2.58. The summed E-state index contributed by atoms with van der Waals surface area (Å²) in [4.78, 5) is 0. The molecule has 2 nitrogen and oxygen atoms in total. The fourth-order valence-corrected chi connectivity index (χ4v) is 0.306. The van der Waals surface area contributed by atoms with Crippen molar-refractivity contribution in [2.24, 2.45) is 0 Å². The lowest BCUT2D eigenvalue weighted by molar-refractivity contribution is -0.173. The lowest BCUT2D eigenvalue weighted by Crippen LogP contribution is -2.17. The molecule has 0 N–H and O–H groups in total. The second-order valence-electron chi connectivity index (χ2n) is 1.58. The van der Waals surface area contributed by atoms with Crippen molar-refractivity contribution < 1.29 is 17.9 Å². The monoisotopic (exact) mass is 153 g/mol. The van der Waals surface area contributed by atoms with Gasteiger partial charge in [0.15, 0.2) is 0 Å². The van der Waals surface area contributed by atoms with Crippen LogP contribution in [0.15, 0.2) is 0 Å². The van der Waals surface area contributed by atoms with E-state index < -0.39 is 12.8 Å². The quantitative estimate of drug-likeness (QED) is 0.575. The van der Waals surface area contributed by atoms with Crippen LogP contribution in [0, 0.1) is 11.3 Å². The molecule has 0 heterocycles. The molecule has 0 fully saturated rings. The van der Waals surface area contributed by atoms with Crippen LogP contribution in [0.3, 0.4) is 0 Å². The van der Waals surface area contributed by atoms with Crippen LogP contribution in [0.4, 0.5) is 13.2 Å². The lowest BCUT2D eigenvalue weighted by atomic mass is 10.5. The zero-order valence-corrected chi connectivity index (χ0v) is 5.11. The van der Waals surface area contributed by atoms with Gasteiger partial charge < -0.3 is 4.74 Å². The van der Waals surface area contributed by atoms with E-state index in [1.165, 1.54) is 0 Å². The topological polar surface area (TPSA) is 33.0 Å². The van der Waals surface area contributed by atoms with Crippen molar-refractivity contribution in [3.05, 3.63) is 0 Å². The summed E-state index contributed by atoms with van der Waals surface area (Å²) in [5.74, 6) is 0. The molecule has 0 radical (unpaired) electrons. The van der Waals surface area contributed by atoms with Gasteiger partial charge in [-0.2, -0.15) is 18.4 Å². The van der Waals surface area contributed by atoms with Crippen LogP contribution in [0.25, 0.3) is 0 Å². The Bertz CT molecular complexity index is 126. The SMILES string of the molecule is N#CCCOCC(F)(F)F. The predicted molar refractivity (Wildman–Crippen MR) is 27.1 cm³/mol. The Balaban J connectivity index is 3.14. The summed E-state index contributed by atoms with van der Waals surface area (Å²) in [6.07, 6.45) is -4.29. The van der Waals surface area contributed by atoms with Gasteiger partial charge in [0.1, 0.15) is 6.61 Å². The fourth-order valence-electron chi connectivity index (χ4n) is 0.306. The summed E-state index contributed by atoms with van der Waals surface area (Å²) in [7, 11) is 0. The minimum atomic E-state index is -4.28. The highest BCUT2D eigenvalue weighted by Gasteiger charge is 2.26. The van der Waals surface area contributed by atoms with Crippen LogP contribution in [0.2, 0.25) is 0 Å². The highest BCUT2D eigenvalue weighted by Crippen LogP contribution is 2.14. The fraction of sp³-hybridized carbons (Fsp3) is 0.800. The molecular weight excluding hydrogens is 147 g/mol. The minimum Gasteiger partial charge on any atom is -0.371 e. The average Bonchev–Trinajstić information content (AvgIpc) is 1.78. The summed E-state index contributed by atoms with van der Waals surface area (Å²) < 4.78 is 37.9. The van der Waals surface area contributed by atoms with Gasteiger partial charge in [0.05, 0.1) is 19.1 Å². The van der Waals surface area contributed by atoms with Gasteiger partial charge in [-0.1, -0.05) is 0 Å². The van der Waals surface area contributed by atoms with E-state index >= 15 is 0 Å². The first-order valence-electron chi connectivity index (χ1n) is 2.58. The highest BCUT2D eigenvalue weighted by atomic mass is 19.4. The molecule has 0 atom stereocenters. The van der Waals surface area contributed by atoms with Gasteiger partial charge in [0, 0.05) is 0 Å². The van der Waals surface area contributed by atoms with Crippen LogP contribution < -0.4 is 0 Å². The Morgan fingerprint density at radius 2 is 2.00 bits per heavy atom. The van der Waals surface area contributed by atoms with E-state index in [0.717, 1.165) is 0 Å². The predicted octanol–water partition coefficient (Wildman–Crippen LogP) is 1.48. The zero-order chi connectivity index (χ0) is 8.04. The van der Waals surface area contributed by atoms with E-state index in [1.807, 2.05) is 0 Å². The third kappa shape index (κ3) is 7.24. The standard InChI is InChI=1S/C5H6F3NO/c6-5(7,8)4-10-3-1-2-9/h1,3-4H2. The first-order chi connectivity index (χ1) is 4.56. The van der Waals surface area contributed by atoms with E-state index in [1.54, 1.807) is 6.07 Å². The molecule has 0 aliphatic heterocycles. The van der Waals surface area contributed by atoms with Crippen LogP contribution in [-0.2, 0) is 4.74 Å². The van der Waals surface area contributed by atoms with Gasteiger partial charge in [0.2, 0.25) is 0 Å². The van der Waals surface area contributed by atoms with Crippen molar-refractivity contribution in [1.82, 2.24) is 0 Å². The Labute approximate surface area is 56.2 Å². The summed E-state index contributed by atoms with van der Waals surface area (Å²) >= 11 is 0. The zero-order valence-electron chi connectivity index (χ0n) is 5.11. The highest BCUT2D eigenvalue weighted by molar-refractivity contribution is 4.67. The molecule has 0 spiro atoms. The number of nitrogens with zero attached hydrogens (tertiary/aromatic N) is 1. The van der Waals surface area contributed by atoms with Crippen molar-refractivity contribution in [1.29, 1.82) is 5.26 Å². The third-order valence-electron chi connectivity index (χ3n) is 0.624. The molecule has 5 heteroatoms. The molecule has 0 amide bonds. The smallest absolute Gasteiger partial charge is 0.371 e. The maximum atomic E-state index is 11.3. The third-order valence-corrected chi connectivity index (χ3v) is 0.624. The largest absolute Gasteiger partial charge is 0.411 e. The molecule has 0 saturated heterocycles. The molecule has 0 saturated carbocycles. The summed E-state index contributed by atoms with van der Waals surface area (Å²) in [6, 6.07) is 1.66. The maximum absolute atomic E-state index is 11.3. The van der Waals surface area contributed by atoms with Crippen LogP contribution in [0.5, 0.6) is 0 Å². The second kappa shape index (κ2) is 4.12. The molecular formula is C5H6F3NO. The molecule has 0 aromatic carbocycles. The van der Waals surface area contributed by atoms with Gasteiger partial charge in [-0.3, -0.25) is 0 Å². The number of hydrogen-bond donors (Lipinski definition) is 0. The number of nitriles is 1. The number of halogens is 3. The van der Waals surface area contributed by atoms with E-state index in [2.05, 4.69) is 4.74 Å². The molecule has 0 aliphatic carbocycles. The number of hydrogen-bond acceptors (Lipinski definition) is 2. The number of rotatable bonds is 3. The Hall–Kier alpha value is -0.760. The number of ether oxygens (including phenoxy) is 1. The summed E-state index contributed by atoms with van der Waals surface area (Å²) in [6.45, 7) is -1.43. The van der Waals surface area contributed by atoms with E-state index in [0.29, 0.717) is 0 Å². The Morgan fingerprint density at radius 1 is 1.40 bits per heavy atom. The molecule has 10 heavy (non-hydrogen) atoms. The Kier molecular flexibility index (Phi) is 3.81. The van der Waals surface area contributed by atoms with E-state index in [4.69, 9.17) is 5.26 Å². The molecule has 0 aliphatic rings. The van der Waals surface area contributed by atoms with Gasteiger partial charge in [-0.05, 0) is 0 Å². The molecule has 0 aromatic heterocycles. The van der Waals surface area contributed by atoms with Crippen LogP contribution in [0.1, 0.15) is 6.42 Å². The van der Waals surface area contributed by atoms with Gasteiger partial charge in [-0.25, -0.2) is 0 Å². The molecule has 0 aromatic rings. The Morgan fingerprint density at radius 3 is 2.40 bits per heavy atom. The molecule has 0 unspecified atom stereocenters. The van der Waals surface area contributed by atoms with E-state index in [-0.39, 0.29) is 13.0 Å². The van der Waals surface area contributed by atoms with Crippen LogP contribution in [-0.4, -0.2) is 19.4 Å². The molecule has 0 bridgehead atoms. The van der Waals surface area contributed by atoms with Gasteiger partial charge in [0.25, 0.3) is 0 Å². The van der Waals surface area contributed by atoms with Crippen molar-refractivity contribution in [2.45, 2.75) is 12.6 Å². The summed E-state index contributed by atoms with van der Waals surface area (Å²) in [5, 5.41) is 7.88. The first kappa shape index (κ1) is 9.24. The normalized spacial score (nSPS) is 11.0. The van der Waals surface area contributed by atoms with Crippen molar-refractivity contribution in [3.8, 4) is 6.07 Å². The molecule has 58 valence electrons. The van der Waals surface area contributed by atoms with Crippen molar-refractivity contribution in [2.75, 3.05) is 13.2 Å². The minimum absolute atomic E-state index is 0.00389. The number of alkyl halides is 3. The van der Waals surface area contributed by atoms with Gasteiger partial charge in [-0.15, -0.1) is 0 Å². The van der Waals surface area contributed by atoms with Gasteiger partial charge >= 0.3 is 6.18 Å². The second-order valence-corrected chi connectivity index (χ2v) is 1.58. The average molecular weight is 153 g/mol. The van der Waals surface area contributed by atoms with Crippen LogP contribution >= 0.6 is 0 Å². The maximum Gasteiger partial charge on any atom is 0.411 e. The molecule has 0 rings (SSSR count). The lowest BCUT2D eigenvalue weighted by Gasteiger charge is -2.04. The van der Waals surface area contributed by atoms with Crippen molar-refractivity contribution in [3.63, 3.8) is 0 Å².